The number of nitrogens with one attached hydrogen (secondary N) is 2. The molecule has 0 fully saturated rings. The molecule has 138 valence electrons. The van der Waals surface area contributed by atoms with Crippen molar-refractivity contribution in [1.29, 1.82) is 0 Å². The van der Waals surface area contributed by atoms with Crippen molar-refractivity contribution < 1.29 is 4.39 Å². The van der Waals surface area contributed by atoms with Crippen molar-refractivity contribution >= 4 is 45.9 Å². The summed E-state index contributed by atoms with van der Waals surface area (Å²) in [6, 6.07) is 5.07. The fourth-order valence-corrected chi connectivity index (χ4v) is 2.91. The van der Waals surface area contributed by atoms with Gasteiger partial charge in [0.1, 0.15) is 5.82 Å². The highest BCUT2D eigenvalue weighted by Gasteiger charge is 2.09. The first-order chi connectivity index (χ1) is 11.4. The summed E-state index contributed by atoms with van der Waals surface area (Å²) in [6.07, 6.45) is 0.782. The number of hydrogen-bond donors (Lipinski definition) is 2. The monoisotopic (exact) mass is 523 g/mol. The van der Waals surface area contributed by atoms with Gasteiger partial charge in [-0.15, -0.1) is 24.0 Å². The largest absolute Gasteiger partial charge is 0.356 e. The van der Waals surface area contributed by atoms with Crippen LogP contribution in [0.5, 0.6) is 0 Å². The number of aryl methyl sites for hydroxylation is 2. The van der Waals surface area contributed by atoms with Crippen LogP contribution in [0.3, 0.4) is 0 Å². The van der Waals surface area contributed by atoms with Gasteiger partial charge in [-0.05, 0) is 53.9 Å². The van der Waals surface area contributed by atoms with Gasteiger partial charge in [0, 0.05) is 38.4 Å². The Balaban J connectivity index is 0.00000312. The van der Waals surface area contributed by atoms with Crippen molar-refractivity contribution in [1.82, 2.24) is 20.4 Å². The average molecular weight is 524 g/mol. The minimum atomic E-state index is -0.244. The van der Waals surface area contributed by atoms with Crippen LogP contribution in [0.25, 0.3) is 0 Å². The smallest absolute Gasteiger partial charge is 0.191 e. The number of guanidine groups is 1. The lowest BCUT2D eigenvalue weighted by molar-refractivity contribution is 0.620. The van der Waals surface area contributed by atoms with E-state index in [0.29, 0.717) is 17.6 Å². The van der Waals surface area contributed by atoms with Crippen molar-refractivity contribution in [2.24, 2.45) is 12.0 Å². The van der Waals surface area contributed by atoms with E-state index in [4.69, 9.17) is 0 Å². The second-order valence-electron chi connectivity index (χ2n) is 5.62. The maximum Gasteiger partial charge on any atom is 0.191 e. The first-order valence-electron chi connectivity index (χ1n) is 7.80. The van der Waals surface area contributed by atoms with E-state index in [0.717, 1.165) is 29.3 Å². The lowest BCUT2D eigenvalue weighted by Crippen LogP contribution is -2.38. The van der Waals surface area contributed by atoms with E-state index in [2.05, 4.69) is 43.6 Å². The Kier molecular flexibility index (Phi) is 8.84. The number of halogens is 3. The highest BCUT2D eigenvalue weighted by atomic mass is 127. The van der Waals surface area contributed by atoms with Crippen LogP contribution >= 0.6 is 39.9 Å². The fraction of sp³-hybridized carbons (Fsp3) is 0.412. The van der Waals surface area contributed by atoms with Gasteiger partial charge in [0.2, 0.25) is 0 Å². The highest BCUT2D eigenvalue weighted by Crippen LogP contribution is 2.17. The molecule has 2 aromatic rings. The van der Waals surface area contributed by atoms with Crippen LogP contribution in [0.4, 0.5) is 4.39 Å². The fourth-order valence-electron chi connectivity index (χ4n) is 2.49. The number of benzene rings is 1. The molecule has 0 aliphatic heterocycles. The zero-order valence-corrected chi connectivity index (χ0v) is 18.8. The van der Waals surface area contributed by atoms with Crippen molar-refractivity contribution in [3.63, 3.8) is 0 Å². The van der Waals surface area contributed by atoms with Gasteiger partial charge in [0.25, 0.3) is 0 Å². The van der Waals surface area contributed by atoms with Crippen LogP contribution in [0, 0.1) is 19.7 Å². The molecular formula is C17H24BrFIN5. The first kappa shape index (κ1) is 21.9. The van der Waals surface area contributed by atoms with Crippen LogP contribution in [0.15, 0.2) is 27.7 Å². The number of rotatable bonds is 5. The number of aromatic nitrogens is 2. The molecule has 0 unspecified atom stereocenters. The standard InChI is InChI=1S/C17H23BrFN5.HI/c1-11-14(12(2)24(4)23-11)10-22-17(20-3)21-8-7-13-5-6-16(19)15(18)9-13;/h5-6,9H,7-8,10H2,1-4H3,(H2,20,21,22);1H. The minimum Gasteiger partial charge on any atom is -0.356 e. The van der Waals surface area contributed by atoms with Gasteiger partial charge in [-0.1, -0.05) is 6.07 Å². The van der Waals surface area contributed by atoms with E-state index in [9.17, 15) is 4.39 Å². The summed E-state index contributed by atoms with van der Waals surface area (Å²) >= 11 is 3.21. The normalized spacial score (nSPS) is 11.2. The van der Waals surface area contributed by atoms with Gasteiger partial charge < -0.3 is 10.6 Å². The summed E-state index contributed by atoms with van der Waals surface area (Å²) in [5.74, 6) is 0.491. The van der Waals surface area contributed by atoms with Gasteiger partial charge in [0.05, 0.1) is 10.2 Å². The van der Waals surface area contributed by atoms with E-state index < -0.39 is 0 Å². The first-order valence-corrected chi connectivity index (χ1v) is 8.59. The van der Waals surface area contributed by atoms with Crippen LogP contribution in [-0.2, 0) is 20.0 Å². The Hall–Kier alpha value is -1.16. The molecule has 2 rings (SSSR count). The molecule has 0 radical (unpaired) electrons. The van der Waals surface area contributed by atoms with E-state index in [-0.39, 0.29) is 29.8 Å². The predicted molar refractivity (Wildman–Crippen MR) is 114 cm³/mol. The lowest BCUT2D eigenvalue weighted by atomic mass is 10.1. The molecule has 0 spiro atoms. The molecule has 0 atom stereocenters. The van der Waals surface area contributed by atoms with Gasteiger partial charge in [0.15, 0.2) is 5.96 Å². The molecule has 0 saturated carbocycles. The van der Waals surface area contributed by atoms with Gasteiger partial charge >= 0.3 is 0 Å². The molecule has 25 heavy (non-hydrogen) atoms. The van der Waals surface area contributed by atoms with E-state index in [1.165, 1.54) is 11.6 Å². The summed E-state index contributed by atoms with van der Waals surface area (Å²) in [4.78, 5) is 4.23. The molecule has 1 heterocycles. The van der Waals surface area contributed by atoms with Crippen LogP contribution < -0.4 is 10.6 Å². The zero-order chi connectivity index (χ0) is 17.7. The zero-order valence-electron chi connectivity index (χ0n) is 14.9. The third-order valence-corrected chi connectivity index (χ3v) is 4.61. The second-order valence-corrected chi connectivity index (χ2v) is 6.48. The Bertz CT molecular complexity index is 745. The maximum absolute atomic E-state index is 13.2. The Morgan fingerprint density at radius 3 is 2.60 bits per heavy atom. The number of hydrogen-bond acceptors (Lipinski definition) is 2. The Labute approximate surface area is 173 Å². The molecule has 0 aliphatic carbocycles. The molecule has 0 saturated heterocycles. The molecule has 2 N–H and O–H groups in total. The summed E-state index contributed by atoms with van der Waals surface area (Å²) in [7, 11) is 3.69. The number of aliphatic imine (C=N–C) groups is 1. The van der Waals surface area contributed by atoms with Gasteiger partial charge in [-0.25, -0.2) is 4.39 Å². The summed E-state index contributed by atoms with van der Waals surface area (Å²) in [5, 5.41) is 11.0. The van der Waals surface area contributed by atoms with Crippen molar-refractivity contribution in [3.05, 3.63) is 51.0 Å². The van der Waals surface area contributed by atoms with E-state index in [1.54, 1.807) is 19.2 Å². The van der Waals surface area contributed by atoms with Crippen LogP contribution in [-0.4, -0.2) is 29.3 Å². The summed E-state index contributed by atoms with van der Waals surface area (Å²) in [5.41, 5.74) is 4.41. The summed E-state index contributed by atoms with van der Waals surface area (Å²) in [6.45, 7) is 5.45. The summed E-state index contributed by atoms with van der Waals surface area (Å²) < 4.78 is 15.6. The SMILES string of the molecule is CN=C(NCCc1ccc(F)c(Br)c1)NCc1c(C)nn(C)c1C.I. The predicted octanol–water partition coefficient (Wildman–Crippen LogP) is 3.46. The molecule has 1 aromatic carbocycles. The topological polar surface area (TPSA) is 54.2 Å². The quantitative estimate of drug-likeness (QED) is 0.358. The molecule has 5 nitrogen and oxygen atoms in total. The molecular weight excluding hydrogens is 500 g/mol. The molecule has 0 aliphatic rings. The van der Waals surface area contributed by atoms with Crippen LogP contribution in [0.2, 0.25) is 0 Å². The molecule has 0 amide bonds. The van der Waals surface area contributed by atoms with E-state index >= 15 is 0 Å². The van der Waals surface area contributed by atoms with Crippen LogP contribution in [0.1, 0.15) is 22.5 Å². The van der Waals surface area contributed by atoms with Gasteiger partial charge in [-0.3, -0.25) is 9.67 Å². The van der Waals surface area contributed by atoms with E-state index in [1.807, 2.05) is 18.7 Å². The second kappa shape index (κ2) is 10.1. The van der Waals surface area contributed by atoms with Gasteiger partial charge in [-0.2, -0.15) is 5.10 Å². The van der Waals surface area contributed by atoms with Crippen molar-refractivity contribution in [2.45, 2.75) is 26.8 Å². The van der Waals surface area contributed by atoms with Crippen molar-refractivity contribution in [3.8, 4) is 0 Å². The minimum absolute atomic E-state index is 0. The maximum atomic E-state index is 13.2. The average Bonchev–Trinajstić information content (AvgIpc) is 2.79. The third kappa shape index (κ3) is 5.95. The molecule has 0 bridgehead atoms. The lowest BCUT2D eigenvalue weighted by Gasteiger charge is -2.12. The Morgan fingerprint density at radius 1 is 1.32 bits per heavy atom. The Morgan fingerprint density at radius 2 is 2.04 bits per heavy atom. The highest BCUT2D eigenvalue weighted by molar-refractivity contribution is 14.0. The number of nitrogens with zero attached hydrogens (tertiary/aromatic N) is 3. The van der Waals surface area contributed by atoms with Crippen molar-refractivity contribution in [2.75, 3.05) is 13.6 Å². The molecule has 1 aromatic heterocycles. The third-order valence-electron chi connectivity index (χ3n) is 4.01. The molecule has 8 heteroatoms.